The maximum atomic E-state index is 12.6. The van der Waals surface area contributed by atoms with E-state index in [1.807, 2.05) is 52.0 Å². The molecule has 4 rings (SSSR count). The standard InChI is InChI=1S/C24H33N5O6/c1-16-13-28(23(30)35-24(3,4)5)17(2)12-27(16)18-6-8-19(9-7-18)33-15-20-10-11-26-14-21(29(31)32)25-22(26)34-20/h6-9,14,16-17,20H,10-13,15H2,1-5H3/t16-,17+,20+/m0/s1. The van der Waals surface area contributed by atoms with Gasteiger partial charge in [-0.2, -0.15) is 0 Å². The van der Waals surface area contributed by atoms with E-state index in [1.54, 1.807) is 9.47 Å². The molecule has 1 aromatic heterocycles. The fraction of sp³-hybridized carbons (Fsp3) is 0.583. The van der Waals surface area contributed by atoms with Crippen LogP contribution < -0.4 is 14.4 Å². The Bertz CT molecular complexity index is 1060. The molecule has 0 saturated carbocycles. The Kier molecular flexibility index (Phi) is 6.77. The van der Waals surface area contributed by atoms with Gasteiger partial charge in [0, 0.05) is 48.8 Å². The molecule has 1 aromatic carbocycles. The summed E-state index contributed by atoms with van der Waals surface area (Å²) in [5.74, 6) is 0.498. The van der Waals surface area contributed by atoms with Crippen LogP contribution in [-0.4, -0.2) is 69.0 Å². The minimum Gasteiger partial charge on any atom is -0.490 e. The Morgan fingerprint density at radius 1 is 1.20 bits per heavy atom. The van der Waals surface area contributed by atoms with Crippen molar-refractivity contribution in [2.75, 3.05) is 24.6 Å². The Hall–Kier alpha value is -3.50. The monoisotopic (exact) mass is 487 g/mol. The zero-order chi connectivity index (χ0) is 25.3. The largest absolute Gasteiger partial charge is 0.490 e. The van der Waals surface area contributed by atoms with Crippen LogP contribution in [0.4, 0.5) is 16.3 Å². The number of aryl methyl sites for hydroxylation is 1. The molecule has 35 heavy (non-hydrogen) atoms. The van der Waals surface area contributed by atoms with Crippen molar-refractivity contribution in [1.29, 1.82) is 0 Å². The third-order valence-electron chi connectivity index (χ3n) is 6.10. The lowest BCUT2D eigenvalue weighted by Crippen LogP contribution is -2.59. The van der Waals surface area contributed by atoms with Gasteiger partial charge >= 0.3 is 17.9 Å². The number of nitrogens with zero attached hydrogens (tertiary/aromatic N) is 5. The number of amides is 1. The molecule has 0 aliphatic carbocycles. The van der Waals surface area contributed by atoms with E-state index in [0.29, 0.717) is 38.4 Å². The van der Waals surface area contributed by atoms with Gasteiger partial charge in [0.2, 0.25) is 0 Å². The van der Waals surface area contributed by atoms with Crippen LogP contribution in [0.2, 0.25) is 0 Å². The normalized spacial score (nSPS) is 22.3. The summed E-state index contributed by atoms with van der Waals surface area (Å²) < 4.78 is 18.9. The molecule has 0 radical (unpaired) electrons. The van der Waals surface area contributed by atoms with Crippen LogP contribution in [0.1, 0.15) is 41.0 Å². The van der Waals surface area contributed by atoms with Gasteiger partial charge < -0.3 is 34.1 Å². The Balaban J connectivity index is 1.31. The molecule has 11 nitrogen and oxygen atoms in total. The first-order chi connectivity index (χ1) is 16.5. The van der Waals surface area contributed by atoms with E-state index in [4.69, 9.17) is 14.2 Å². The average molecular weight is 488 g/mol. The number of hydrogen-bond donors (Lipinski definition) is 0. The molecule has 1 amide bonds. The molecule has 1 fully saturated rings. The first kappa shape index (κ1) is 24.6. The Morgan fingerprint density at radius 2 is 1.91 bits per heavy atom. The quantitative estimate of drug-likeness (QED) is 0.462. The fourth-order valence-electron chi connectivity index (χ4n) is 4.32. The number of nitro groups is 1. The second-order valence-corrected chi connectivity index (χ2v) is 10.1. The van der Waals surface area contributed by atoms with Crippen molar-refractivity contribution in [2.45, 2.75) is 71.4 Å². The number of rotatable bonds is 5. The second kappa shape index (κ2) is 9.63. The molecule has 3 heterocycles. The highest BCUT2D eigenvalue weighted by Gasteiger charge is 2.34. The van der Waals surface area contributed by atoms with E-state index >= 15 is 0 Å². The van der Waals surface area contributed by atoms with Crippen LogP contribution in [0.5, 0.6) is 11.8 Å². The van der Waals surface area contributed by atoms with Crippen LogP contribution in [0.3, 0.4) is 0 Å². The fourth-order valence-corrected chi connectivity index (χ4v) is 4.32. The van der Waals surface area contributed by atoms with Crippen LogP contribution in [0, 0.1) is 10.1 Å². The lowest BCUT2D eigenvalue weighted by atomic mass is 10.1. The number of piperazine rings is 1. The molecule has 1 saturated heterocycles. The van der Waals surface area contributed by atoms with E-state index in [2.05, 4.69) is 16.8 Å². The third-order valence-corrected chi connectivity index (χ3v) is 6.10. The summed E-state index contributed by atoms with van der Waals surface area (Å²) in [7, 11) is 0. The van der Waals surface area contributed by atoms with E-state index in [0.717, 1.165) is 5.69 Å². The smallest absolute Gasteiger partial charge is 0.414 e. The molecule has 11 heteroatoms. The minimum atomic E-state index is -0.527. The van der Waals surface area contributed by atoms with Crippen molar-refractivity contribution in [3.63, 3.8) is 0 Å². The van der Waals surface area contributed by atoms with Crippen molar-refractivity contribution in [3.8, 4) is 11.8 Å². The van der Waals surface area contributed by atoms with Gasteiger partial charge in [-0.05, 0) is 63.8 Å². The first-order valence-corrected chi connectivity index (χ1v) is 11.9. The number of benzene rings is 1. The number of ether oxygens (including phenoxy) is 3. The van der Waals surface area contributed by atoms with E-state index < -0.39 is 10.5 Å². The number of fused-ring (bicyclic) bond motifs is 1. The molecule has 0 spiro atoms. The highest BCUT2D eigenvalue weighted by atomic mass is 16.6. The summed E-state index contributed by atoms with van der Waals surface area (Å²) in [6.07, 6.45) is 1.56. The molecular formula is C24H33N5O6. The second-order valence-electron chi connectivity index (χ2n) is 10.1. The van der Waals surface area contributed by atoms with E-state index in [-0.39, 0.29) is 36.1 Å². The van der Waals surface area contributed by atoms with Crippen LogP contribution in [0.25, 0.3) is 0 Å². The zero-order valence-corrected chi connectivity index (χ0v) is 20.8. The molecular weight excluding hydrogens is 454 g/mol. The Labute approximate surface area is 204 Å². The lowest BCUT2D eigenvalue weighted by Gasteiger charge is -2.45. The van der Waals surface area contributed by atoms with Crippen molar-refractivity contribution in [3.05, 3.63) is 40.6 Å². The molecule has 0 bridgehead atoms. The van der Waals surface area contributed by atoms with Crippen molar-refractivity contribution < 1.29 is 23.9 Å². The first-order valence-electron chi connectivity index (χ1n) is 11.9. The topological polar surface area (TPSA) is 112 Å². The highest BCUT2D eigenvalue weighted by Crippen LogP contribution is 2.28. The van der Waals surface area contributed by atoms with E-state index in [9.17, 15) is 14.9 Å². The lowest BCUT2D eigenvalue weighted by molar-refractivity contribution is -0.389. The maximum absolute atomic E-state index is 12.6. The number of anilines is 1. The van der Waals surface area contributed by atoms with Gasteiger partial charge in [-0.25, -0.2) is 4.79 Å². The summed E-state index contributed by atoms with van der Waals surface area (Å²) in [6, 6.07) is 8.26. The average Bonchev–Trinajstić information content (AvgIpc) is 3.22. The van der Waals surface area contributed by atoms with Crippen LogP contribution >= 0.6 is 0 Å². The van der Waals surface area contributed by atoms with Gasteiger partial charge in [-0.3, -0.25) is 4.57 Å². The van der Waals surface area contributed by atoms with Gasteiger partial charge in [0.05, 0.1) is 0 Å². The molecule has 2 aromatic rings. The SMILES string of the molecule is C[C@@H]1CN(c2ccc(OC[C@H]3CCn4cc([N+](=O)[O-])nc4O3)cc2)[C@@H](C)CN1C(=O)OC(C)(C)C. The van der Waals surface area contributed by atoms with Crippen molar-refractivity contribution >= 4 is 17.6 Å². The zero-order valence-electron chi connectivity index (χ0n) is 20.8. The third kappa shape index (κ3) is 5.77. The van der Waals surface area contributed by atoms with Crippen molar-refractivity contribution in [1.82, 2.24) is 14.5 Å². The van der Waals surface area contributed by atoms with Crippen molar-refractivity contribution in [2.24, 2.45) is 0 Å². The maximum Gasteiger partial charge on any atom is 0.414 e. The molecule has 0 unspecified atom stereocenters. The number of carbonyl (C=O) groups is 1. The summed E-state index contributed by atoms with van der Waals surface area (Å²) >= 11 is 0. The van der Waals surface area contributed by atoms with Gasteiger partial charge in [-0.15, -0.1) is 0 Å². The summed E-state index contributed by atoms with van der Waals surface area (Å²) in [4.78, 5) is 31.0. The van der Waals surface area contributed by atoms with E-state index in [1.165, 1.54) is 6.20 Å². The van der Waals surface area contributed by atoms with Crippen LogP contribution in [-0.2, 0) is 11.3 Å². The number of imidazole rings is 1. The minimum absolute atomic E-state index is 0.0174. The molecule has 190 valence electrons. The van der Waals surface area contributed by atoms with Gasteiger partial charge in [0.15, 0.2) is 0 Å². The molecule has 2 aliphatic heterocycles. The predicted octanol–water partition coefficient (Wildman–Crippen LogP) is 3.86. The number of hydrogen-bond acceptors (Lipinski definition) is 8. The van der Waals surface area contributed by atoms with Gasteiger partial charge in [-0.1, -0.05) is 0 Å². The van der Waals surface area contributed by atoms with Gasteiger partial charge in [0.1, 0.15) is 30.3 Å². The number of carbonyl (C=O) groups excluding carboxylic acids is 1. The molecule has 2 aliphatic rings. The summed E-state index contributed by atoms with van der Waals surface area (Å²) in [5.41, 5.74) is 0.540. The molecule has 0 N–H and O–H groups in total. The highest BCUT2D eigenvalue weighted by molar-refractivity contribution is 5.69. The molecule has 3 atom stereocenters. The van der Waals surface area contributed by atoms with Gasteiger partial charge in [0.25, 0.3) is 0 Å². The summed E-state index contributed by atoms with van der Waals surface area (Å²) in [6.45, 7) is 12.0. The van der Waals surface area contributed by atoms with Crippen LogP contribution in [0.15, 0.2) is 30.5 Å². The number of aromatic nitrogens is 2. The predicted molar refractivity (Wildman–Crippen MR) is 129 cm³/mol. The Morgan fingerprint density at radius 3 is 2.57 bits per heavy atom. The summed E-state index contributed by atoms with van der Waals surface area (Å²) in [5, 5.41) is 10.9.